The molecule has 46 heavy (non-hydrogen) atoms. The highest BCUT2D eigenvalue weighted by Crippen LogP contribution is 2.34. The van der Waals surface area contributed by atoms with Crippen LogP contribution in [0, 0.1) is 56.7 Å². The van der Waals surface area contributed by atoms with Gasteiger partial charge < -0.3 is 0 Å². The van der Waals surface area contributed by atoms with Crippen LogP contribution in [-0.2, 0) is 24.7 Å². The summed E-state index contributed by atoms with van der Waals surface area (Å²) in [6.45, 7) is 0. The van der Waals surface area contributed by atoms with E-state index in [0.29, 0.717) is 6.07 Å². The number of rotatable bonds is 2. The van der Waals surface area contributed by atoms with Crippen molar-refractivity contribution in [3.05, 3.63) is 79.8 Å². The van der Waals surface area contributed by atoms with Crippen LogP contribution < -0.4 is 10.4 Å². The minimum atomic E-state index is -5.63. The maximum absolute atomic E-state index is 13.4. The van der Waals surface area contributed by atoms with Gasteiger partial charge in [-0.25, -0.2) is 19.9 Å². The Bertz CT molecular complexity index is 2040. The van der Waals surface area contributed by atoms with Crippen LogP contribution in [0.5, 0.6) is 0 Å². The number of hydrogen-bond acceptors (Lipinski definition) is 9. The SMILES string of the molecule is N#C/C(c1cc(C(F)(F)F)nc(C(F)(F)F)n1)=c1\cc(C#N)/c(=C(\C#N)c2cc(C(F)(F)F)nc(C(F)(F)F)n2)c(C#N)c1C#N. The van der Waals surface area contributed by atoms with Crippen molar-refractivity contribution in [2.45, 2.75) is 24.7 Å². The molecule has 0 aliphatic heterocycles. The van der Waals surface area contributed by atoms with E-state index < -0.39 is 97.4 Å². The summed E-state index contributed by atoms with van der Waals surface area (Å²) < 4.78 is 160. The maximum Gasteiger partial charge on any atom is 0.451 e. The van der Waals surface area contributed by atoms with Gasteiger partial charge >= 0.3 is 24.7 Å². The molecule has 2 heterocycles. The zero-order valence-electron chi connectivity index (χ0n) is 21.3. The van der Waals surface area contributed by atoms with Crippen LogP contribution in [-0.4, -0.2) is 19.9 Å². The molecule has 0 fully saturated rings. The molecule has 9 nitrogen and oxygen atoms in total. The number of halogens is 12. The second-order valence-corrected chi connectivity index (χ2v) is 8.32. The lowest BCUT2D eigenvalue weighted by atomic mass is 9.93. The van der Waals surface area contributed by atoms with Gasteiger partial charge in [-0.1, -0.05) is 0 Å². The van der Waals surface area contributed by atoms with Gasteiger partial charge in [0.15, 0.2) is 0 Å². The molecule has 0 aliphatic carbocycles. The number of hydrogen-bond donors (Lipinski definition) is 0. The third-order valence-electron chi connectivity index (χ3n) is 5.47. The Labute approximate surface area is 245 Å². The van der Waals surface area contributed by atoms with Crippen molar-refractivity contribution in [2.75, 3.05) is 0 Å². The van der Waals surface area contributed by atoms with Crippen molar-refractivity contribution in [3.63, 3.8) is 0 Å². The van der Waals surface area contributed by atoms with Crippen molar-refractivity contribution in [3.8, 4) is 30.3 Å². The molecule has 21 heteroatoms. The van der Waals surface area contributed by atoms with Gasteiger partial charge in [0.05, 0.1) is 45.3 Å². The summed E-state index contributed by atoms with van der Waals surface area (Å²) in [5.41, 5.74) is -13.3. The third kappa shape index (κ3) is 6.61. The predicted molar refractivity (Wildman–Crippen MR) is 120 cm³/mol. The van der Waals surface area contributed by atoms with Crippen molar-refractivity contribution < 1.29 is 52.7 Å². The van der Waals surface area contributed by atoms with Gasteiger partial charge in [-0.2, -0.15) is 79.0 Å². The van der Waals surface area contributed by atoms with Gasteiger partial charge in [0.25, 0.3) is 0 Å². The molecule has 0 saturated heterocycles. The van der Waals surface area contributed by atoms with Crippen molar-refractivity contribution >= 4 is 11.1 Å². The fraction of sp³-hybridized carbons (Fsp3) is 0.160. The van der Waals surface area contributed by atoms with Crippen molar-refractivity contribution in [2.24, 2.45) is 0 Å². The average Bonchev–Trinajstić information content (AvgIpc) is 2.95. The largest absolute Gasteiger partial charge is 0.451 e. The van der Waals surface area contributed by atoms with Gasteiger partial charge in [0.2, 0.25) is 11.6 Å². The highest BCUT2D eigenvalue weighted by Gasteiger charge is 2.42. The van der Waals surface area contributed by atoms with E-state index in [0.717, 1.165) is 0 Å². The van der Waals surface area contributed by atoms with Gasteiger partial charge in [0.1, 0.15) is 35.7 Å². The predicted octanol–water partition coefficient (Wildman–Crippen LogP) is 4.40. The van der Waals surface area contributed by atoms with E-state index in [4.69, 9.17) is 0 Å². The maximum atomic E-state index is 13.4. The normalized spacial score (nSPS) is 13.4. The van der Waals surface area contributed by atoms with E-state index in [-0.39, 0.29) is 12.1 Å². The first-order chi connectivity index (χ1) is 21.1. The minimum absolute atomic E-state index is 0.133. The van der Waals surface area contributed by atoms with Crippen molar-refractivity contribution in [1.29, 1.82) is 26.3 Å². The van der Waals surface area contributed by atoms with E-state index in [1.54, 1.807) is 0 Å². The number of benzene rings is 1. The lowest BCUT2D eigenvalue weighted by molar-refractivity contribution is -0.154. The molecule has 0 saturated carbocycles. The highest BCUT2D eigenvalue weighted by molar-refractivity contribution is 5.81. The van der Waals surface area contributed by atoms with Gasteiger partial charge in [0, 0.05) is 10.4 Å². The molecule has 0 aliphatic rings. The number of alkyl halides is 12. The van der Waals surface area contributed by atoms with Crippen molar-refractivity contribution in [1.82, 2.24) is 19.9 Å². The third-order valence-corrected chi connectivity index (χ3v) is 5.47. The summed E-state index contributed by atoms with van der Waals surface area (Å²) in [5, 5.41) is 46.7. The van der Waals surface area contributed by atoms with Crippen LogP contribution in [0.1, 0.15) is 51.1 Å². The molecule has 1 aromatic carbocycles. The summed E-state index contributed by atoms with van der Waals surface area (Å²) in [4.78, 5) is 10.5. The lowest BCUT2D eigenvalue weighted by Gasteiger charge is -2.13. The molecular weight excluding hydrogens is 654 g/mol. The average molecular weight is 657 g/mol. The monoisotopic (exact) mass is 657 g/mol. The lowest BCUT2D eigenvalue weighted by Crippen LogP contribution is -2.27. The Balaban J connectivity index is 2.69. The molecule has 3 rings (SSSR count). The second-order valence-electron chi connectivity index (χ2n) is 8.32. The molecule has 0 amide bonds. The van der Waals surface area contributed by atoms with Crippen LogP contribution in [0.15, 0.2) is 18.2 Å². The van der Waals surface area contributed by atoms with Crippen LogP contribution in [0.3, 0.4) is 0 Å². The number of aromatic nitrogens is 4. The molecule has 232 valence electrons. The Morgan fingerprint density at radius 1 is 0.500 bits per heavy atom. The highest BCUT2D eigenvalue weighted by atomic mass is 19.4. The minimum Gasteiger partial charge on any atom is -0.224 e. The standard InChI is InChI=1S/C25H3F12N9/c26-22(27,28)17-2-15(43-20(45-17)24(32,33)34)12(6-40)10-1-9(4-38)19(13(7-41)11(10)5-39)14(8-42)16-3-18(23(29,30)31)46-21(44-16)25(35,36)37/h1-3H/b12-10-,19-14-. The Morgan fingerprint density at radius 3 is 1.24 bits per heavy atom. The zero-order chi connectivity index (χ0) is 35.0. The topological polar surface area (TPSA) is 171 Å². The number of nitriles is 5. The Morgan fingerprint density at radius 2 is 0.913 bits per heavy atom. The second kappa shape index (κ2) is 11.7. The quantitative estimate of drug-likeness (QED) is 0.363. The summed E-state index contributed by atoms with van der Waals surface area (Å²) >= 11 is 0. The molecule has 0 spiro atoms. The van der Waals surface area contributed by atoms with E-state index in [9.17, 15) is 79.0 Å². The van der Waals surface area contributed by atoms with E-state index in [1.807, 2.05) is 0 Å². The molecule has 0 atom stereocenters. The molecule has 3 aromatic rings. The molecule has 0 N–H and O–H groups in total. The summed E-state index contributed by atoms with van der Waals surface area (Å²) in [6, 6.07) is 6.29. The summed E-state index contributed by atoms with van der Waals surface area (Å²) in [7, 11) is 0. The first-order valence-electron chi connectivity index (χ1n) is 11.2. The van der Waals surface area contributed by atoms with Crippen LogP contribution in [0.4, 0.5) is 52.7 Å². The van der Waals surface area contributed by atoms with Crippen LogP contribution in [0.2, 0.25) is 0 Å². The molecule has 0 bridgehead atoms. The molecular formula is C25H3F12N9. The van der Waals surface area contributed by atoms with Gasteiger partial charge in [-0.3, -0.25) is 0 Å². The van der Waals surface area contributed by atoms with E-state index in [1.165, 1.54) is 30.3 Å². The molecule has 2 aromatic heterocycles. The van der Waals surface area contributed by atoms with Gasteiger partial charge in [-0.15, -0.1) is 0 Å². The fourth-order valence-electron chi connectivity index (χ4n) is 3.65. The Hall–Kier alpha value is -6.27. The first-order valence-corrected chi connectivity index (χ1v) is 11.2. The van der Waals surface area contributed by atoms with Gasteiger partial charge in [-0.05, 0) is 18.2 Å². The zero-order valence-corrected chi connectivity index (χ0v) is 21.3. The van der Waals surface area contributed by atoms with Crippen LogP contribution >= 0.6 is 0 Å². The summed E-state index contributed by atoms with van der Waals surface area (Å²) in [5.74, 6) is -4.81. The fourth-order valence-corrected chi connectivity index (χ4v) is 3.65. The van der Waals surface area contributed by atoms with E-state index >= 15 is 0 Å². The van der Waals surface area contributed by atoms with Crippen LogP contribution in [0.25, 0.3) is 11.1 Å². The first kappa shape index (κ1) is 34.2. The molecule has 0 radical (unpaired) electrons. The Kier molecular flexibility index (Phi) is 8.68. The number of nitrogens with zero attached hydrogens (tertiary/aromatic N) is 9. The smallest absolute Gasteiger partial charge is 0.224 e. The summed E-state index contributed by atoms with van der Waals surface area (Å²) in [6.07, 6.45) is -22.4. The molecule has 0 unspecified atom stereocenters. The van der Waals surface area contributed by atoms with E-state index in [2.05, 4.69) is 19.9 Å².